The van der Waals surface area contributed by atoms with Crippen LogP contribution >= 0.6 is 0 Å². The number of aromatic nitrogens is 1. The molecule has 1 aliphatic heterocycles. The van der Waals surface area contributed by atoms with Crippen molar-refractivity contribution < 1.29 is 22.7 Å². The van der Waals surface area contributed by atoms with E-state index in [1.54, 1.807) is 30.5 Å². The Hall–Kier alpha value is -3.86. The van der Waals surface area contributed by atoms with Crippen molar-refractivity contribution in [1.82, 2.24) is 4.98 Å². The standard InChI is InChI=1S/C23H16F3N3O2/c24-23(25,26)18-3-1-2-16(10-18)11-21(30)29-8-9-31-22-19(13-28-14-20(22)29)17-6-4-15(12-27)5-7-17/h1-7,10,13-14H,8-9,11H2. The summed E-state index contributed by atoms with van der Waals surface area (Å²) in [4.78, 5) is 18.6. The minimum Gasteiger partial charge on any atom is -0.489 e. The van der Waals surface area contributed by atoms with E-state index in [4.69, 9.17) is 10.00 Å². The summed E-state index contributed by atoms with van der Waals surface area (Å²) in [5.74, 6) is 0.131. The third-order valence-electron chi connectivity index (χ3n) is 4.97. The lowest BCUT2D eigenvalue weighted by Crippen LogP contribution is -2.39. The highest BCUT2D eigenvalue weighted by Crippen LogP contribution is 2.40. The van der Waals surface area contributed by atoms with E-state index in [0.717, 1.165) is 17.7 Å². The highest BCUT2D eigenvalue weighted by Gasteiger charge is 2.31. The largest absolute Gasteiger partial charge is 0.489 e. The van der Waals surface area contributed by atoms with Crippen LogP contribution in [-0.4, -0.2) is 24.0 Å². The van der Waals surface area contributed by atoms with Crippen LogP contribution in [0.2, 0.25) is 0 Å². The summed E-state index contributed by atoms with van der Waals surface area (Å²) in [5, 5.41) is 8.98. The number of ether oxygens (including phenoxy) is 1. The minimum absolute atomic E-state index is 0.176. The molecule has 3 aromatic rings. The normalized spacial score (nSPS) is 13.2. The molecule has 2 heterocycles. The van der Waals surface area contributed by atoms with Gasteiger partial charge in [0.25, 0.3) is 0 Å². The van der Waals surface area contributed by atoms with E-state index < -0.39 is 11.7 Å². The second-order valence-electron chi connectivity index (χ2n) is 6.99. The number of hydrogen-bond acceptors (Lipinski definition) is 4. The summed E-state index contributed by atoms with van der Waals surface area (Å²) in [6, 6.07) is 13.7. The van der Waals surface area contributed by atoms with Crippen LogP contribution in [0.5, 0.6) is 5.75 Å². The van der Waals surface area contributed by atoms with Crippen LogP contribution in [0.25, 0.3) is 11.1 Å². The van der Waals surface area contributed by atoms with Crippen molar-refractivity contribution in [3.8, 4) is 22.9 Å². The molecule has 2 aromatic carbocycles. The Balaban J connectivity index is 1.63. The van der Waals surface area contributed by atoms with E-state index in [-0.39, 0.29) is 31.0 Å². The Labute approximate surface area is 176 Å². The van der Waals surface area contributed by atoms with E-state index in [2.05, 4.69) is 11.1 Å². The fraction of sp³-hybridized carbons (Fsp3) is 0.174. The van der Waals surface area contributed by atoms with Gasteiger partial charge in [-0.3, -0.25) is 9.78 Å². The predicted molar refractivity (Wildman–Crippen MR) is 107 cm³/mol. The first-order chi connectivity index (χ1) is 14.9. The zero-order valence-corrected chi connectivity index (χ0v) is 16.2. The van der Waals surface area contributed by atoms with E-state index in [0.29, 0.717) is 22.6 Å². The first kappa shape index (κ1) is 20.4. The predicted octanol–water partition coefficient (Wildman–Crippen LogP) is 4.61. The summed E-state index contributed by atoms with van der Waals surface area (Å²) < 4.78 is 44.7. The number of halogens is 3. The molecule has 0 bridgehead atoms. The maximum atomic E-state index is 13.0. The van der Waals surface area contributed by atoms with Crippen LogP contribution in [0.4, 0.5) is 18.9 Å². The number of alkyl halides is 3. The molecule has 0 atom stereocenters. The molecule has 1 aromatic heterocycles. The zero-order chi connectivity index (χ0) is 22.0. The molecule has 8 heteroatoms. The second kappa shape index (κ2) is 8.11. The topological polar surface area (TPSA) is 66.2 Å². The number of carbonyl (C=O) groups is 1. The van der Waals surface area contributed by atoms with Crippen LogP contribution in [-0.2, 0) is 17.4 Å². The monoisotopic (exact) mass is 423 g/mol. The molecular formula is C23H16F3N3O2. The number of benzene rings is 2. The fourth-order valence-electron chi connectivity index (χ4n) is 3.46. The van der Waals surface area contributed by atoms with E-state index >= 15 is 0 Å². The van der Waals surface area contributed by atoms with Crippen molar-refractivity contribution in [3.05, 3.63) is 77.6 Å². The Bertz CT molecular complexity index is 1170. The SMILES string of the molecule is N#Cc1ccc(-c2cncc3c2OCCN3C(=O)Cc2cccc(C(F)(F)F)c2)cc1. The molecule has 1 aliphatic rings. The summed E-state index contributed by atoms with van der Waals surface area (Å²) in [7, 11) is 0. The summed E-state index contributed by atoms with van der Waals surface area (Å²) in [6.07, 6.45) is -1.53. The number of nitrogens with zero attached hydrogens (tertiary/aromatic N) is 3. The van der Waals surface area contributed by atoms with Gasteiger partial charge >= 0.3 is 6.18 Å². The summed E-state index contributed by atoms with van der Waals surface area (Å²) >= 11 is 0. The van der Waals surface area contributed by atoms with E-state index in [9.17, 15) is 18.0 Å². The van der Waals surface area contributed by atoms with Crippen LogP contribution in [0.1, 0.15) is 16.7 Å². The Morgan fingerprint density at radius 1 is 1.16 bits per heavy atom. The van der Waals surface area contributed by atoms with E-state index in [1.807, 2.05) is 0 Å². The summed E-state index contributed by atoms with van der Waals surface area (Å²) in [5.41, 5.74) is 1.91. The van der Waals surface area contributed by atoms with Crippen LogP contribution < -0.4 is 9.64 Å². The van der Waals surface area contributed by atoms with Gasteiger partial charge in [-0.1, -0.05) is 30.3 Å². The van der Waals surface area contributed by atoms with Gasteiger partial charge in [-0.05, 0) is 29.3 Å². The number of hydrogen-bond donors (Lipinski definition) is 0. The van der Waals surface area contributed by atoms with Gasteiger partial charge in [0.05, 0.1) is 36.4 Å². The number of rotatable bonds is 3. The first-order valence-electron chi connectivity index (χ1n) is 9.44. The lowest BCUT2D eigenvalue weighted by atomic mass is 10.0. The van der Waals surface area contributed by atoms with Crippen LogP contribution in [0, 0.1) is 11.3 Å². The van der Waals surface area contributed by atoms with Gasteiger partial charge in [0.1, 0.15) is 12.3 Å². The maximum Gasteiger partial charge on any atom is 0.416 e. The number of nitriles is 1. The van der Waals surface area contributed by atoms with Gasteiger partial charge in [0.15, 0.2) is 5.75 Å². The number of anilines is 1. The minimum atomic E-state index is -4.47. The summed E-state index contributed by atoms with van der Waals surface area (Å²) in [6.45, 7) is 0.512. The van der Waals surface area contributed by atoms with Crippen LogP contribution in [0.3, 0.4) is 0 Å². The Kier molecular flexibility index (Phi) is 5.34. The third kappa shape index (κ3) is 4.21. The molecule has 1 amide bonds. The highest BCUT2D eigenvalue weighted by molar-refractivity contribution is 5.98. The van der Waals surface area contributed by atoms with Crippen molar-refractivity contribution in [2.45, 2.75) is 12.6 Å². The zero-order valence-electron chi connectivity index (χ0n) is 16.2. The average molecular weight is 423 g/mol. The third-order valence-corrected chi connectivity index (χ3v) is 4.97. The van der Waals surface area contributed by atoms with Crippen molar-refractivity contribution in [1.29, 1.82) is 5.26 Å². The maximum absolute atomic E-state index is 13.0. The Morgan fingerprint density at radius 3 is 2.65 bits per heavy atom. The lowest BCUT2D eigenvalue weighted by molar-refractivity contribution is -0.137. The smallest absolute Gasteiger partial charge is 0.416 e. The average Bonchev–Trinajstić information content (AvgIpc) is 2.78. The van der Waals surface area contributed by atoms with Gasteiger partial charge in [-0.15, -0.1) is 0 Å². The van der Waals surface area contributed by atoms with Gasteiger partial charge < -0.3 is 9.64 Å². The fourth-order valence-corrected chi connectivity index (χ4v) is 3.46. The van der Waals surface area contributed by atoms with Gasteiger partial charge in [-0.25, -0.2) is 0 Å². The van der Waals surface area contributed by atoms with E-state index in [1.165, 1.54) is 23.2 Å². The quantitative estimate of drug-likeness (QED) is 0.617. The molecule has 0 N–H and O–H groups in total. The second-order valence-corrected chi connectivity index (χ2v) is 6.99. The molecule has 4 rings (SSSR count). The molecule has 0 fully saturated rings. The van der Waals surface area contributed by atoms with Gasteiger partial charge in [-0.2, -0.15) is 18.4 Å². The van der Waals surface area contributed by atoms with Gasteiger partial charge in [0, 0.05) is 11.8 Å². The molecule has 156 valence electrons. The molecule has 0 saturated heterocycles. The van der Waals surface area contributed by atoms with Crippen molar-refractivity contribution in [2.24, 2.45) is 0 Å². The first-order valence-corrected chi connectivity index (χ1v) is 9.44. The highest BCUT2D eigenvalue weighted by atomic mass is 19.4. The molecule has 0 spiro atoms. The molecule has 0 unspecified atom stereocenters. The van der Waals surface area contributed by atoms with Crippen LogP contribution in [0.15, 0.2) is 60.9 Å². The molecular weight excluding hydrogens is 407 g/mol. The lowest BCUT2D eigenvalue weighted by Gasteiger charge is -2.30. The van der Waals surface area contributed by atoms with Crippen molar-refractivity contribution in [2.75, 3.05) is 18.1 Å². The number of pyridine rings is 1. The van der Waals surface area contributed by atoms with Crippen molar-refractivity contribution >= 4 is 11.6 Å². The number of amides is 1. The number of fused-ring (bicyclic) bond motifs is 1. The molecule has 31 heavy (non-hydrogen) atoms. The molecule has 0 aliphatic carbocycles. The molecule has 0 saturated carbocycles. The van der Waals surface area contributed by atoms with Crippen molar-refractivity contribution in [3.63, 3.8) is 0 Å². The Morgan fingerprint density at radius 2 is 1.94 bits per heavy atom. The number of carbonyl (C=O) groups excluding carboxylic acids is 1. The molecule has 5 nitrogen and oxygen atoms in total. The van der Waals surface area contributed by atoms with Gasteiger partial charge in [0.2, 0.25) is 5.91 Å². The molecule has 0 radical (unpaired) electrons.